The van der Waals surface area contributed by atoms with Crippen LogP contribution < -0.4 is 14.8 Å². The van der Waals surface area contributed by atoms with Gasteiger partial charge in [0.2, 0.25) is 0 Å². The van der Waals surface area contributed by atoms with Gasteiger partial charge >= 0.3 is 0 Å². The fraction of sp³-hybridized carbons (Fsp3) is 0.533. The van der Waals surface area contributed by atoms with Crippen molar-refractivity contribution in [2.75, 3.05) is 20.8 Å². The third-order valence-corrected chi connectivity index (χ3v) is 4.00. The predicted octanol–water partition coefficient (Wildman–Crippen LogP) is 2.64. The van der Waals surface area contributed by atoms with Crippen LogP contribution in [0.4, 0.5) is 0 Å². The van der Waals surface area contributed by atoms with Crippen molar-refractivity contribution in [2.45, 2.75) is 25.8 Å². The topological polar surface area (TPSA) is 59.2 Å². The summed E-state index contributed by atoms with van der Waals surface area (Å²) in [5.41, 5.74) is 1.90. The number of nitrogens with zero attached hydrogens (tertiary/aromatic N) is 1. The van der Waals surface area contributed by atoms with E-state index in [-0.39, 0.29) is 0 Å². The molecule has 1 aliphatic rings. The molecule has 1 aromatic heterocycles. The molecule has 1 saturated heterocycles. The molecule has 1 aliphatic heterocycles. The molecule has 2 atom stereocenters. The number of H-pyrrole nitrogens is 1. The summed E-state index contributed by atoms with van der Waals surface area (Å²) >= 11 is 0. The molecule has 5 nitrogen and oxygen atoms in total. The highest BCUT2D eigenvalue weighted by atomic mass is 16.5. The van der Waals surface area contributed by atoms with Gasteiger partial charge in [0.15, 0.2) is 11.5 Å². The number of fused-ring (bicyclic) bond motifs is 1. The molecule has 0 spiro atoms. The number of hydrogen-bond donors (Lipinski definition) is 2. The third-order valence-electron chi connectivity index (χ3n) is 4.00. The summed E-state index contributed by atoms with van der Waals surface area (Å²) in [5, 5.41) is 3.53. The average molecular weight is 275 g/mol. The van der Waals surface area contributed by atoms with Gasteiger partial charge in [-0.25, -0.2) is 4.98 Å². The highest BCUT2D eigenvalue weighted by Crippen LogP contribution is 2.33. The van der Waals surface area contributed by atoms with Gasteiger partial charge in [-0.2, -0.15) is 0 Å². The minimum Gasteiger partial charge on any atom is -0.493 e. The van der Waals surface area contributed by atoms with E-state index >= 15 is 0 Å². The van der Waals surface area contributed by atoms with Crippen LogP contribution in [0.2, 0.25) is 0 Å². The smallest absolute Gasteiger partial charge is 0.163 e. The first-order valence-corrected chi connectivity index (χ1v) is 7.06. The van der Waals surface area contributed by atoms with E-state index in [2.05, 4.69) is 17.2 Å². The standard InChI is InChI=1S/C15H21N3O2/c1-9-4-5-16-12(6-9)15-17-10-7-13(19-2)14(20-3)8-11(10)18-15/h7-9,12,16H,4-6H2,1-3H3,(H,17,18). The summed E-state index contributed by atoms with van der Waals surface area (Å²) in [5.74, 6) is 3.17. The molecule has 2 aromatic rings. The number of nitrogens with one attached hydrogen (secondary N) is 2. The van der Waals surface area contributed by atoms with E-state index in [1.54, 1.807) is 14.2 Å². The second kappa shape index (κ2) is 5.32. The number of imidazole rings is 1. The highest BCUT2D eigenvalue weighted by molar-refractivity contribution is 5.79. The van der Waals surface area contributed by atoms with Gasteiger partial charge in [-0.3, -0.25) is 0 Å². The lowest BCUT2D eigenvalue weighted by atomic mass is 9.94. The maximum atomic E-state index is 5.33. The molecule has 2 unspecified atom stereocenters. The third kappa shape index (κ3) is 2.33. The maximum Gasteiger partial charge on any atom is 0.163 e. The zero-order valence-electron chi connectivity index (χ0n) is 12.2. The lowest BCUT2D eigenvalue weighted by molar-refractivity contribution is 0.317. The normalized spacial score (nSPS) is 22.9. The van der Waals surface area contributed by atoms with E-state index < -0.39 is 0 Å². The Morgan fingerprint density at radius 3 is 2.65 bits per heavy atom. The van der Waals surface area contributed by atoms with Crippen LogP contribution in [0.15, 0.2) is 12.1 Å². The summed E-state index contributed by atoms with van der Waals surface area (Å²) in [6, 6.07) is 4.17. The van der Waals surface area contributed by atoms with Gasteiger partial charge in [-0.15, -0.1) is 0 Å². The monoisotopic (exact) mass is 275 g/mol. The summed E-state index contributed by atoms with van der Waals surface area (Å²) < 4.78 is 10.6. The molecule has 1 fully saturated rings. The summed E-state index contributed by atoms with van der Waals surface area (Å²) in [7, 11) is 3.28. The number of ether oxygens (including phenoxy) is 2. The van der Waals surface area contributed by atoms with Crippen LogP contribution >= 0.6 is 0 Å². The Bertz CT molecular complexity index is 567. The number of aromatic nitrogens is 2. The Morgan fingerprint density at radius 2 is 1.95 bits per heavy atom. The molecule has 0 radical (unpaired) electrons. The predicted molar refractivity (Wildman–Crippen MR) is 78.3 cm³/mol. The Kier molecular flexibility index (Phi) is 3.53. The van der Waals surface area contributed by atoms with Gasteiger partial charge in [-0.05, 0) is 25.3 Å². The number of hydrogen-bond acceptors (Lipinski definition) is 4. The number of methoxy groups -OCH3 is 2. The van der Waals surface area contributed by atoms with Crippen molar-refractivity contribution in [3.05, 3.63) is 18.0 Å². The Hall–Kier alpha value is -1.75. The highest BCUT2D eigenvalue weighted by Gasteiger charge is 2.22. The van der Waals surface area contributed by atoms with Crippen molar-refractivity contribution in [3.63, 3.8) is 0 Å². The second-order valence-corrected chi connectivity index (χ2v) is 5.48. The Labute approximate surface area is 118 Å². The molecule has 0 saturated carbocycles. The molecule has 0 amide bonds. The summed E-state index contributed by atoms with van der Waals surface area (Å²) in [6.07, 6.45) is 2.35. The van der Waals surface area contributed by atoms with Crippen LogP contribution in [0, 0.1) is 5.92 Å². The molecule has 5 heteroatoms. The zero-order chi connectivity index (χ0) is 14.1. The molecule has 0 aliphatic carbocycles. The first-order valence-electron chi connectivity index (χ1n) is 7.06. The fourth-order valence-corrected chi connectivity index (χ4v) is 2.84. The molecule has 108 valence electrons. The molecule has 1 aromatic carbocycles. The summed E-state index contributed by atoms with van der Waals surface area (Å²) in [6.45, 7) is 3.35. The average Bonchev–Trinajstić information content (AvgIpc) is 2.88. The van der Waals surface area contributed by atoms with Crippen LogP contribution in [0.1, 0.15) is 31.6 Å². The van der Waals surface area contributed by atoms with Gasteiger partial charge < -0.3 is 19.8 Å². The first kappa shape index (κ1) is 13.2. The Morgan fingerprint density at radius 1 is 1.20 bits per heavy atom. The van der Waals surface area contributed by atoms with E-state index in [0.29, 0.717) is 11.8 Å². The molecule has 3 rings (SSSR count). The molecule has 0 bridgehead atoms. The van der Waals surface area contributed by atoms with Crippen LogP contribution in [-0.2, 0) is 0 Å². The quantitative estimate of drug-likeness (QED) is 0.904. The zero-order valence-corrected chi connectivity index (χ0v) is 12.2. The largest absolute Gasteiger partial charge is 0.493 e. The molecule has 2 N–H and O–H groups in total. The van der Waals surface area contributed by atoms with Crippen molar-refractivity contribution < 1.29 is 9.47 Å². The minimum absolute atomic E-state index is 0.308. The van der Waals surface area contributed by atoms with E-state index in [9.17, 15) is 0 Å². The van der Waals surface area contributed by atoms with E-state index in [0.717, 1.165) is 41.5 Å². The first-order chi connectivity index (χ1) is 9.71. The van der Waals surface area contributed by atoms with Crippen molar-refractivity contribution >= 4 is 11.0 Å². The molecule has 20 heavy (non-hydrogen) atoms. The van der Waals surface area contributed by atoms with Crippen molar-refractivity contribution in [2.24, 2.45) is 5.92 Å². The molecule has 2 heterocycles. The van der Waals surface area contributed by atoms with Crippen LogP contribution in [-0.4, -0.2) is 30.7 Å². The van der Waals surface area contributed by atoms with Crippen molar-refractivity contribution in [3.8, 4) is 11.5 Å². The maximum absolute atomic E-state index is 5.33. The van der Waals surface area contributed by atoms with E-state index in [4.69, 9.17) is 14.5 Å². The van der Waals surface area contributed by atoms with Crippen LogP contribution in [0.25, 0.3) is 11.0 Å². The van der Waals surface area contributed by atoms with Gasteiger partial charge in [0, 0.05) is 12.1 Å². The van der Waals surface area contributed by atoms with Crippen LogP contribution in [0.5, 0.6) is 11.5 Å². The van der Waals surface area contributed by atoms with E-state index in [1.807, 2.05) is 12.1 Å². The van der Waals surface area contributed by atoms with Gasteiger partial charge in [0.25, 0.3) is 0 Å². The SMILES string of the molecule is COc1cc2nc(C3CC(C)CCN3)[nH]c2cc1OC. The van der Waals surface area contributed by atoms with Crippen molar-refractivity contribution in [1.29, 1.82) is 0 Å². The Balaban J connectivity index is 1.97. The fourth-order valence-electron chi connectivity index (χ4n) is 2.84. The van der Waals surface area contributed by atoms with Gasteiger partial charge in [0.1, 0.15) is 5.82 Å². The number of aromatic amines is 1. The number of rotatable bonds is 3. The lowest BCUT2D eigenvalue weighted by Crippen LogP contribution is -2.31. The van der Waals surface area contributed by atoms with Gasteiger partial charge in [0.05, 0.1) is 31.3 Å². The number of benzene rings is 1. The van der Waals surface area contributed by atoms with E-state index in [1.165, 1.54) is 6.42 Å². The minimum atomic E-state index is 0.308. The summed E-state index contributed by atoms with van der Waals surface area (Å²) in [4.78, 5) is 8.10. The molecular formula is C15H21N3O2. The second-order valence-electron chi connectivity index (χ2n) is 5.48. The number of piperidine rings is 1. The molecular weight excluding hydrogens is 254 g/mol. The van der Waals surface area contributed by atoms with Gasteiger partial charge in [-0.1, -0.05) is 6.92 Å². The van der Waals surface area contributed by atoms with Crippen molar-refractivity contribution in [1.82, 2.24) is 15.3 Å². The van der Waals surface area contributed by atoms with Crippen LogP contribution in [0.3, 0.4) is 0 Å². The lowest BCUT2D eigenvalue weighted by Gasteiger charge is -2.26.